The second-order valence-corrected chi connectivity index (χ2v) is 10.2. The number of anilines is 1. The molecule has 0 radical (unpaired) electrons. The van der Waals surface area contributed by atoms with Crippen molar-refractivity contribution in [3.63, 3.8) is 0 Å². The summed E-state index contributed by atoms with van der Waals surface area (Å²) < 4.78 is 1.52. The molecule has 2 atom stereocenters. The fourth-order valence-corrected chi connectivity index (χ4v) is 6.14. The molecule has 192 valence electrons. The molecule has 1 amide bonds. The Morgan fingerprint density at radius 1 is 0.921 bits per heavy atom. The topological polar surface area (TPSA) is 124 Å². The number of Topliss-reactive ketones (excluding diaryl/α,β-unsaturated/α-hetero) is 2. The lowest BCUT2D eigenvalue weighted by atomic mass is 9.85. The predicted octanol–water partition coefficient (Wildman–Crippen LogP) is 4.07. The Balaban J connectivity index is 1.40. The summed E-state index contributed by atoms with van der Waals surface area (Å²) in [6.07, 6.45) is 6.44. The van der Waals surface area contributed by atoms with E-state index in [1.165, 1.54) is 18.4 Å². The molecule has 5 heterocycles. The number of aromatic nitrogens is 4. The van der Waals surface area contributed by atoms with Crippen molar-refractivity contribution in [2.24, 2.45) is 0 Å². The van der Waals surface area contributed by atoms with Gasteiger partial charge in [0.2, 0.25) is 5.78 Å². The number of benzene rings is 1. The van der Waals surface area contributed by atoms with Gasteiger partial charge in [-0.2, -0.15) is 9.61 Å². The van der Waals surface area contributed by atoms with E-state index in [0.717, 1.165) is 35.2 Å². The number of piperidine rings is 1. The Morgan fingerprint density at radius 3 is 2.24 bits per heavy atom. The summed E-state index contributed by atoms with van der Waals surface area (Å²) in [4.78, 5) is 48.5. The first-order valence-electron chi connectivity index (χ1n) is 12.9. The Bertz CT molecular complexity index is 1560. The standard InChI is InChI=1S/C29H28N6O3/c1-16(36)25-26(20-12-21-9-10-22(13-20)34(21)29(38)17(2)37)33-28-23(15-32-35(28)27(25)30)19-8-11-24(31-14-19)18-6-4-3-5-7-18/h3-8,11,14-15,20-22H,9-10,12-13,30H2,1-2H3. The van der Waals surface area contributed by atoms with Gasteiger partial charge in [0.1, 0.15) is 5.82 Å². The highest BCUT2D eigenvalue weighted by atomic mass is 16.2. The minimum Gasteiger partial charge on any atom is -0.383 e. The molecule has 2 N–H and O–H groups in total. The van der Waals surface area contributed by atoms with E-state index in [2.05, 4.69) is 10.1 Å². The maximum Gasteiger partial charge on any atom is 0.290 e. The molecule has 0 spiro atoms. The third-order valence-electron chi connectivity index (χ3n) is 7.86. The van der Waals surface area contributed by atoms with E-state index in [9.17, 15) is 14.4 Å². The van der Waals surface area contributed by atoms with Gasteiger partial charge in [-0.1, -0.05) is 36.4 Å². The van der Waals surface area contributed by atoms with Crippen LogP contribution < -0.4 is 5.73 Å². The molecule has 9 heteroatoms. The number of hydrogen-bond donors (Lipinski definition) is 1. The number of fused-ring (bicyclic) bond motifs is 3. The molecule has 1 aromatic carbocycles. The highest BCUT2D eigenvalue weighted by Crippen LogP contribution is 2.44. The fourth-order valence-electron chi connectivity index (χ4n) is 6.14. The molecule has 0 aliphatic carbocycles. The largest absolute Gasteiger partial charge is 0.383 e. The quantitative estimate of drug-likeness (QED) is 0.318. The van der Waals surface area contributed by atoms with Crippen LogP contribution in [-0.4, -0.2) is 54.0 Å². The number of carbonyl (C=O) groups is 3. The van der Waals surface area contributed by atoms with Crippen LogP contribution in [-0.2, 0) is 9.59 Å². The first-order chi connectivity index (χ1) is 18.3. The van der Waals surface area contributed by atoms with Gasteiger partial charge in [-0.3, -0.25) is 19.4 Å². The van der Waals surface area contributed by atoms with Gasteiger partial charge < -0.3 is 10.6 Å². The second kappa shape index (κ2) is 9.16. The summed E-state index contributed by atoms with van der Waals surface area (Å²) in [6.45, 7) is 2.81. The Hall–Kier alpha value is -4.40. The molecule has 2 aliphatic rings. The van der Waals surface area contributed by atoms with Crippen molar-refractivity contribution < 1.29 is 14.4 Å². The Labute approximate surface area is 219 Å². The van der Waals surface area contributed by atoms with Crippen LogP contribution >= 0.6 is 0 Å². The highest BCUT2D eigenvalue weighted by Gasteiger charge is 2.45. The number of hydrogen-bond acceptors (Lipinski definition) is 7. The van der Waals surface area contributed by atoms with E-state index in [1.54, 1.807) is 17.3 Å². The lowest BCUT2D eigenvalue weighted by molar-refractivity contribution is -0.146. The van der Waals surface area contributed by atoms with Gasteiger partial charge in [0.25, 0.3) is 5.91 Å². The number of carbonyl (C=O) groups excluding carboxylic acids is 3. The van der Waals surface area contributed by atoms with Crippen molar-refractivity contribution in [1.82, 2.24) is 24.5 Å². The van der Waals surface area contributed by atoms with Crippen molar-refractivity contribution in [1.29, 1.82) is 0 Å². The molecule has 38 heavy (non-hydrogen) atoms. The number of amides is 1. The van der Waals surface area contributed by atoms with E-state index in [4.69, 9.17) is 10.7 Å². The Kier molecular flexibility index (Phi) is 5.78. The van der Waals surface area contributed by atoms with Crippen LogP contribution in [0, 0.1) is 0 Å². The average Bonchev–Trinajstić information content (AvgIpc) is 3.46. The summed E-state index contributed by atoms with van der Waals surface area (Å²) in [6, 6.07) is 13.8. The van der Waals surface area contributed by atoms with Crippen LogP contribution in [0.3, 0.4) is 0 Å². The van der Waals surface area contributed by atoms with Crippen LogP contribution in [0.2, 0.25) is 0 Å². The van der Waals surface area contributed by atoms with E-state index >= 15 is 0 Å². The first-order valence-corrected chi connectivity index (χ1v) is 12.9. The van der Waals surface area contributed by atoms with Crippen LogP contribution in [0.4, 0.5) is 5.82 Å². The van der Waals surface area contributed by atoms with E-state index in [0.29, 0.717) is 29.7 Å². The van der Waals surface area contributed by atoms with Crippen molar-refractivity contribution >= 4 is 28.9 Å². The molecule has 3 aromatic heterocycles. The zero-order valence-electron chi connectivity index (χ0n) is 21.3. The summed E-state index contributed by atoms with van der Waals surface area (Å²) >= 11 is 0. The number of nitrogens with two attached hydrogens (primary N) is 1. The van der Waals surface area contributed by atoms with Crippen molar-refractivity contribution in [3.8, 4) is 22.4 Å². The van der Waals surface area contributed by atoms with Gasteiger partial charge in [-0.25, -0.2) is 4.98 Å². The minimum atomic E-state index is -0.440. The highest BCUT2D eigenvalue weighted by molar-refractivity contribution is 6.35. The molecule has 6 rings (SSSR count). The zero-order chi connectivity index (χ0) is 26.6. The number of ketones is 2. The first kappa shape index (κ1) is 24.0. The number of rotatable bonds is 5. The lowest BCUT2D eigenvalue weighted by Gasteiger charge is -2.38. The summed E-state index contributed by atoms with van der Waals surface area (Å²) in [5, 5.41) is 4.46. The van der Waals surface area contributed by atoms with E-state index in [1.807, 2.05) is 42.5 Å². The summed E-state index contributed by atoms with van der Waals surface area (Å²) in [5.41, 5.74) is 11.6. The predicted molar refractivity (Wildman–Crippen MR) is 142 cm³/mol. The lowest BCUT2D eigenvalue weighted by Crippen LogP contribution is -2.48. The number of nitrogen functional groups attached to an aromatic ring is 1. The van der Waals surface area contributed by atoms with E-state index in [-0.39, 0.29) is 29.6 Å². The third-order valence-corrected chi connectivity index (χ3v) is 7.86. The SMILES string of the molecule is CC(=O)C(=O)N1C2CCC1CC(c1nc3c(-c4ccc(-c5ccccc5)nc4)cnn3c(N)c1C(C)=O)C2. The van der Waals surface area contributed by atoms with Gasteiger partial charge in [0.05, 0.1) is 23.1 Å². The maximum atomic E-state index is 12.8. The maximum absolute atomic E-state index is 12.8. The summed E-state index contributed by atoms with van der Waals surface area (Å²) in [7, 11) is 0. The molecule has 2 unspecified atom stereocenters. The smallest absolute Gasteiger partial charge is 0.290 e. The molecule has 2 aliphatic heterocycles. The van der Waals surface area contributed by atoms with Crippen molar-refractivity contribution in [3.05, 3.63) is 66.1 Å². The molecular weight excluding hydrogens is 480 g/mol. The normalized spacial score (nSPS) is 20.6. The van der Waals surface area contributed by atoms with Gasteiger partial charge in [-0.15, -0.1) is 0 Å². The Morgan fingerprint density at radius 2 is 1.63 bits per heavy atom. The second-order valence-electron chi connectivity index (χ2n) is 10.2. The van der Waals surface area contributed by atoms with Gasteiger partial charge in [0.15, 0.2) is 11.4 Å². The van der Waals surface area contributed by atoms with Gasteiger partial charge in [0, 0.05) is 47.8 Å². The van der Waals surface area contributed by atoms with Crippen LogP contribution in [0.5, 0.6) is 0 Å². The molecular formula is C29H28N6O3. The monoisotopic (exact) mass is 508 g/mol. The molecule has 2 bridgehead atoms. The van der Waals surface area contributed by atoms with Crippen LogP contribution in [0.15, 0.2) is 54.9 Å². The van der Waals surface area contributed by atoms with Crippen LogP contribution in [0.1, 0.15) is 61.5 Å². The molecule has 4 aromatic rings. The minimum absolute atomic E-state index is 0.0479. The third kappa shape index (κ3) is 3.86. The molecule has 2 fully saturated rings. The van der Waals surface area contributed by atoms with Gasteiger partial charge in [-0.05, 0) is 38.7 Å². The molecule has 9 nitrogen and oxygen atoms in total. The number of nitrogens with zero attached hydrogens (tertiary/aromatic N) is 5. The van der Waals surface area contributed by atoms with Gasteiger partial charge >= 0.3 is 0 Å². The van der Waals surface area contributed by atoms with E-state index < -0.39 is 11.7 Å². The zero-order valence-corrected chi connectivity index (χ0v) is 21.3. The molecule has 0 saturated carbocycles. The van der Waals surface area contributed by atoms with Crippen LogP contribution in [0.25, 0.3) is 28.0 Å². The fraction of sp³-hybridized carbons (Fsp3) is 0.310. The van der Waals surface area contributed by atoms with Crippen molar-refractivity contribution in [2.75, 3.05) is 5.73 Å². The number of pyridine rings is 1. The summed E-state index contributed by atoms with van der Waals surface area (Å²) in [5.74, 6) is -0.838. The average molecular weight is 509 g/mol. The molecule has 2 saturated heterocycles. The van der Waals surface area contributed by atoms with Crippen molar-refractivity contribution in [2.45, 2.75) is 57.5 Å².